The van der Waals surface area contributed by atoms with Gasteiger partial charge in [-0.2, -0.15) is 0 Å². The van der Waals surface area contributed by atoms with E-state index in [-0.39, 0.29) is 16.1 Å². The van der Waals surface area contributed by atoms with Gasteiger partial charge in [-0.1, -0.05) is 40.9 Å². The second-order valence-electron chi connectivity index (χ2n) is 4.64. The van der Waals surface area contributed by atoms with Crippen LogP contribution in [0.2, 0.25) is 15.1 Å². The molecule has 0 aromatic heterocycles. The van der Waals surface area contributed by atoms with Crippen molar-refractivity contribution >= 4 is 34.8 Å². The Morgan fingerprint density at radius 2 is 1.62 bits per heavy atom. The zero-order valence-electron chi connectivity index (χ0n) is 11.1. The van der Waals surface area contributed by atoms with E-state index in [9.17, 15) is 8.78 Å². The van der Waals surface area contributed by atoms with E-state index in [0.717, 1.165) is 5.56 Å². The van der Waals surface area contributed by atoms with Crippen molar-refractivity contribution in [2.45, 2.75) is 19.5 Å². The van der Waals surface area contributed by atoms with Crippen LogP contribution in [0.25, 0.3) is 0 Å². The highest BCUT2D eigenvalue weighted by molar-refractivity contribution is 6.35. The third kappa shape index (κ3) is 4.07. The van der Waals surface area contributed by atoms with E-state index >= 15 is 0 Å². The lowest BCUT2D eigenvalue weighted by molar-refractivity contribution is 0.564. The highest BCUT2D eigenvalue weighted by Gasteiger charge is 2.13. The van der Waals surface area contributed by atoms with Crippen LogP contribution >= 0.6 is 34.8 Å². The van der Waals surface area contributed by atoms with Gasteiger partial charge in [-0.25, -0.2) is 8.78 Å². The molecule has 1 unspecified atom stereocenters. The van der Waals surface area contributed by atoms with Crippen LogP contribution in [-0.2, 0) is 6.54 Å². The van der Waals surface area contributed by atoms with E-state index in [4.69, 9.17) is 34.8 Å². The van der Waals surface area contributed by atoms with E-state index < -0.39 is 11.6 Å². The van der Waals surface area contributed by atoms with E-state index in [1.165, 1.54) is 18.2 Å². The van der Waals surface area contributed by atoms with E-state index in [1.807, 2.05) is 6.92 Å². The lowest BCUT2D eigenvalue weighted by atomic mass is 10.1. The molecule has 0 bridgehead atoms. The molecule has 0 aliphatic rings. The standard InChI is InChI=1S/C15H12Cl3F2N/c1-8(10-5-15(20)13(18)6-11(10)16)21-7-9-2-3-14(19)12(17)4-9/h2-6,8,21H,7H2,1H3. The number of rotatable bonds is 4. The summed E-state index contributed by atoms with van der Waals surface area (Å²) in [5, 5.41) is 3.62. The Balaban J connectivity index is 2.09. The molecule has 0 heterocycles. The summed E-state index contributed by atoms with van der Waals surface area (Å²) in [6.07, 6.45) is 0. The van der Waals surface area contributed by atoms with Gasteiger partial charge < -0.3 is 5.32 Å². The van der Waals surface area contributed by atoms with Crippen LogP contribution in [0.4, 0.5) is 8.78 Å². The van der Waals surface area contributed by atoms with Crippen molar-refractivity contribution in [1.29, 1.82) is 0 Å². The zero-order chi connectivity index (χ0) is 15.6. The Kier molecular flexibility index (Phi) is 5.44. The lowest BCUT2D eigenvalue weighted by Gasteiger charge is -2.16. The van der Waals surface area contributed by atoms with Crippen molar-refractivity contribution in [3.05, 3.63) is 68.2 Å². The second kappa shape index (κ2) is 6.93. The molecule has 0 spiro atoms. The molecule has 2 rings (SSSR count). The molecule has 6 heteroatoms. The van der Waals surface area contributed by atoms with Crippen molar-refractivity contribution in [1.82, 2.24) is 5.32 Å². The molecular weight excluding hydrogens is 339 g/mol. The first kappa shape index (κ1) is 16.5. The van der Waals surface area contributed by atoms with Gasteiger partial charge in [-0.15, -0.1) is 0 Å². The Bertz CT molecular complexity index is 662. The monoisotopic (exact) mass is 349 g/mol. The third-order valence-corrected chi connectivity index (χ3v) is 4.01. The van der Waals surface area contributed by atoms with Crippen molar-refractivity contribution in [3.63, 3.8) is 0 Å². The SMILES string of the molecule is CC(NCc1ccc(F)c(Cl)c1)c1cc(F)c(Cl)cc1Cl. The average Bonchev–Trinajstić information content (AvgIpc) is 2.44. The fraction of sp³-hybridized carbons (Fsp3) is 0.200. The van der Waals surface area contributed by atoms with Gasteiger partial charge in [0.05, 0.1) is 10.0 Å². The maximum absolute atomic E-state index is 13.5. The van der Waals surface area contributed by atoms with Gasteiger partial charge in [0.1, 0.15) is 11.6 Å². The van der Waals surface area contributed by atoms with E-state index in [1.54, 1.807) is 12.1 Å². The molecule has 0 saturated heterocycles. The van der Waals surface area contributed by atoms with Crippen LogP contribution in [0.15, 0.2) is 30.3 Å². The average molecular weight is 351 g/mol. The van der Waals surface area contributed by atoms with Crippen LogP contribution in [-0.4, -0.2) is 0 Å². The topological polar surface area (TPSA) is 12.0 Å². The van der Waals surface area contributed by atoms with Gasteiger partial charge in [0.2, 0.25) is 0 Å². The predicted molar refractivity (Wildman–Crippen MR) is 83.1 cm³/mol. The quantitative estimate of drug-likeness (QED) is 0.690. The third-order valence-electron chi connectivity index (χ3n) is 3.10. The fourth-order valence-corrected chi connectivity index (χ4v) is 2.65. The number of nitrogens with one attached hydrogen (secondary N) is 1. The summed E-state index contributed by atoms with van der Waals surface area (Å²) in [6.45, 7) is 2.29. The summed E-state index contributed by atoms with van der Waals surface area (Å²) in [4.78, 5) is 0. The maximum Gasteiger partial charge on any atom is 0.142 e. The highest BCUT2D eigenvalue weighted by Crippen LogP contribution is 2.28. The molecule has 0 aliphatic carbocycles. The molecule has 0 radical (unpaired) electrons. The van der Waals surface area contributed by atoms with E-state index in [2.05, 4.69) is 5.32 Å². The first-order valence-electron chi connectivity index (χ1n) is 6.20. The molecule has 0 saturated carbocycles. The van der Waals surface area contributed by atoms with E-state index in [0.29, 0.717) is 17.1 Å². The molecule has 0 amide bonds. The van der Waals surface area contributed by atoms with Crippen LogP contribution < -0.4 is 5.32 Å². The van der Waals surface area contributed by atoms with Crippen molar-refractivity contribution < 1.29 is 8.78 Å². The second-order valence-corrected chi connectivity index (χ2v) is 5.86. The van der Waals surface area contributed by atoms with Gasteiger partial charge in [0, 0.05) is 17.6 Å². The molecule has 2 aromatic rings. The minimum atomic E-state index is -0.519. The molecular formula is C15H12Cl3F2N. The van der Waals surface area contributed by atoms with Crippen molar-refractivity contribution in [3.8, 4) is 0 Å². The van der Waals surface area contributed by atoms with Gasteiger partial charge >= 0.3 is 0 Å². The van der Waals surface area contributed by atoms with Gasteiger partial charge in [0.25, 0.3) is 0 Å². The predicted octanol–water partition coefficient (Wildman–Crippen LogP) is 5.78. The Morgan fingerprint density at radius 1 is 0.952 bits per heavy atom. The smallest absolute Gasteiger partial charge is 0.142 e. The molecule has 0 aliphatic heterocycles. The maximum atomic E-state index is 13.5. The summed E-state index contributed by atoms with van der Waals surface area (Å²) in [5.74, 6) is -0.981. The van der Waals surface area contributed by atoms with Gasteiger partial charge in [0.15, 0.2) is 0 Å². The number of benzene rings is 2. The number of halogens is 5. The number of hydrogen-bond acceptors (Lipinski definition) is 1. The van der Waals surface area contributed by atoms with Gasteiger partial charge in [-0.3, -0.25) is 0 Å². The molecule has 1 N–H and O–H groups in total. The Hall–Kier alpha value is -0.870. The van der Waals surface area contributed by atoms with Crippen LogP contribution in [0.5, 0.6) is 0 Å². The molecule has 1 atom stereocenters. The molecule has 21 heavy (non-hydrogen) atoms. The first-order chi connectivity index (χ1) is 9.88. The van der Waals surface area contributed by atoms with Crippen molar-refractivity contribution in [2.24, 2.45) is 0 Å². The molecule has 1 nitrogen and oxygen atoms in total. The Morgan fingerprint density at radius 3 is 2.29 bits per heavy atom. The molecule has 112 valence electrons. The first-order valence-corrected chi connectivity index (χ1v) is 7.33. The summed E-state index contributed by atoms with van der Waals surface area (Å²) in [5.41, 5.74) is 1.42. The Labute approximate surface area is 136 Å². The minimum absolute atomic E-state index is 0.0127. The van der Waals surface area contributed by atoms with Gasteiger partial charge in [-0.05, 0) is 42.3 Å². The molecule has 0 fully saturated rings. The van der Waals surface area contributed by atoms with Crippen molar-refractivity contribution in [2.75, 3.05) is 0 Å². The summed E-state index contributed by atoms with van der Waals surface area (Å²) < 4.78 is 26.6. The fourth-order valence-electron chi connectivity index (χ4n) is 1.90. The summed E-state index contributed by atoms with van der Waals surface area (Å²) in [6, 6.07) is 6.96. The normalized spacial score (nSPS) is 12.5. The number of hydrogen-bond donors (Lipinski definition) is 1. The summed E-state index contributed by atoms with van der Waals surface area (Å²) in [7, 11) is 0. The highest BCUT2D eigenvalue weighted by atomic mass is 35.5. The van der Waals surface area contributed by atoms with Crippen LogP contribution in [0.3, 0.4) is 0 Å². The van der Waals surface area contributed by atoms with Crippen LogP contribution in [0, 0.1) is 11.6 Å². The minimum Gasteiger partial charge on any atom is -0.306 e. The molecule has 2 aromatic carbocycles. The largest absolute Gasteiger partial charge is 0.306 e. The summed E-state index contributed by atoms with van der Waals surface area (Å²) >= 11 is 17.4. The zero-order valence-corrected chi connectivity index (χ0v) is 13.3. The van der Waals surface area contributed by atoms with Crippen LogP contribution in [0.1, 0.15) is 24.1 Å². The lowest BCUT2D eigenvalue weighted by Crippen LogP contribution is -2.18.